The van der Waals surface area contributed by atoms with Crippen LogP contribution in [0.25, 0.3) is 0 Å². The van der Waals surface area contributed by atoms with Gasteiger partial charge in [0.15, 0.2) is 0 Å². The molecule has 0 spiro atoms. The first kappa shape index (κ1) is 13.5. The molecule has 0 bridgehead atoms. The lowest BCUT2D eigenvalue weighted by Crippen LogP contribution is -2.37. The average Bonchev–Trinajstić information content (AvgIpc) is 1.78. The molecule has 0 heterocycles. The van der Waals surface area contributed by atoms with Crippen LogP contribution in [-0.2, 0) is 0 Å². The lowest BCUT2D eigenvalue weighted by Gasteiger charge is -2.20. The van der Waals surface area contributed by atoms with E-state index in [0.29, 0.717) is 0 Å². The molecule has 7 heteroatoms. The number of alkyl halides is 6. The van der Waals surface area contributed by atoms with Gasteiger partial charge in [0.2, 0.25) is 0 Å². The lowest BCUT2D eigenvalue weighted by atomic mass is 10.1. The van der Waals surface area contributed by atoms with Crippen LogP contribution in [0.3, 0.4) is 0 Å². The fraction of sp³-hybridized carbons (Fsp3) is 1.00. The monoisotopic (exact) mass is 223 g/mol. The second kappa shape index (κ2) is 4.86. The molecule has 0 fully saturated rings. The van der Waals surface area contributed by atoms with Crippen LogP contribution in [0.15, 0.2) is 0 Å². The molecule has 0 aromatic rings. The van der Waals surface area contributed by atoms with E-state index in [0.717, 1.165) is 0 Å². The van der Waals surface area contributed by atoms with Gasteiger partial charge < -0.3 is 5.32 Å². The zero-order valence-electron chi connectivity index (χ0n) is 7.47. The van der Waals surface area contributed by atoms with Crippen molar-refractivity contribution in [2.75, 3.05) is 6.54 Å². The summed E-state index contributed by atoms with van der Waals surface area (Å²) in [6, 6.07) is -1.58. The summed E-state index contributed by atoms with van der Waals surface area (Å²) < 4.78 is 70.8. The first-order valence-corrected chi connectivity index (χ1v) is 4.01. The maximum Gasteiger partial charge on any atom is 0.390 e. The second-order valence-corrected chi connectivity index (χ2v) is 2.89. The van der Waals surface area contributed by atoms with Crippen molar-refractivity contribution in [1.29, 1.82) is 0 Å². The maximum atomic E-state index is 11.8. The van der Waals surface area contributed by atoms with E-state index in [2.05, 4.69) is 5.32 Å². The summed E-state index contributed by atoms with van der Waals surface area (Å²) in [4.78, 5) is 0. The van der Waals surface area contributed by atoms with Gasteiger partial charge in [-0.25, -0.2) is 0 Å². The van der Waals surface area contributed by atoms with Gasteiger partial charge in [-0.1, -0.05) is 6.92 Å². The Morgan fingerprint density at radius 1 is 0.929 bits per heavy atom. The molecule has 0 saturated carbocycles. The van der Waals surface area contributed by atoms with Gasteiger partial charge in [-0.3, -0.25) is 0 Å². The molecule has 0 amide bonds. The third kappa shape index (κ3) is 8.15. The normalized spacial score (nSPS) is 13.7. The molecular weight excluding hydrogens is 212 g/mol. The minimum absolute atomic E-state index is 0.0802. The van der Waals surface area contributed by atoms with Crippen LogP contribution >= 0.6 is 0 Å². The highest BCUT2D eigenvalue weighted by Crippen LogP contribution is 2.28. The molecular formula is C7H11F6N. The van der Waals surface area contributed by atoms with Crippen molar-refractivity contribution >= 4 is 0 Å². The Hall–Kier alpha value is -0.460. The molecule has 0 aliphatic heterocycles. The second-order valence-electron chi connectivity index (χ2n) is 2.89. The van der Waals surface area contributed by atoms with Crippen molar-refractivity contribution in [1.82, 2.24) is 5.32 Å². The third-order valence-corrected chi connectivity index (χ3v) is 1.45. The largest absolute Gasteiger partial charge is 0.390 e. The van der Waals surface area contributed by atoms with Crippen LogP contribution in [0.5, 0.6) is 0 Å². The van der Waals surface area contributed by atoms with Crippen molar-refractivity contribution < 1.29 is 26.3 Å². The fourth-order valence-electron chi connectivity index (χ4n) is 1.06. The molecule has 0 aliphatic rings. The van der Waals surface area contributed by atoms with E-state index < -0.39 is 31.2 Å². The molecule has 0 rings (SSSR count). The quantitative estimate of drug-likeness (QED) is 0.722. The SMILES string of the molecule is CCNC(CC(F)(F)F)CC(F)(F)F. The summed E-state index contributed by atoms with van der Waals surface area (Å²) in [5.41, 5.74) is 0. The van der Waals surface area contributed by atoms with Crippen LogP contribution in [0, 0.1) is 0 Å². The van der Waals surface area contributed by atoms with E-state index in [-0.39, 0.29) is 6.54 Å². The average molecular weight is 223 g/mol. The number of hydrogen-bond acceptors (Lipinski definition) is 1. The highest BCUT2D eigenvalue weighted by Gasteiger charge is 2.38. The fourth-order valence-corrected chi connectivity index (χ4v) is 1.06. The molecule has 0 aromatic heterocycles. The molecule has 86 valence electrons. The molecule has 0 unspecified atom stereocenters. The van der Waals surface area contributed by atoms with Crippen LogP contribution in [-0.4, -0.2) is 24.9 Å². The smallest absolute Gasteiger partial charge is 0.314 e. The van der Waals surface area contributed by atoms with Crippen molar-refractivity contribution in [3.8, 4) is 0 Å². The number of nitrogens with one attached hydrogen (secondary N) is 1. The highest BCUT2D eigenvalue weighted by molar-refractivity contribution is 4.73. The lowest BCUT2D eigenvalue weighted by molar-refractivity contribution is -0.164. The summed E-state index contributed by atoms with van der Waals surface area (Å²) >= 11 is 0. The Morgan fingerprint density at radius 2 is 1.29 bits per heavy atom. The molecule has 1 N–H and O–H groups in total. The first-order chi connectivity index (χ1) is 6.14. The first-order valence-electron chi connectivity index (χ1n) is 4.01. The summed E-state index contributed by atoms with van der Waals surface area (Å²) in [5, 5.41) is 2.16. The van der Waals surface area contributed by atoms with Crippen molar-refractivity contribution in [3.63, 3.8) is 0 Å². The van der Waals surface area contributed by atoms with Gasteiger partial charge in [0, 0.05) is 6.04 Å². The summed E-state index contributed by atoms with van der Waals surface area (Å²) in [7, 11) is 0. The Bertz CT molecular complexity index is 145. The molecule has 1 nitrogen and oxygen atoms in total. The van der Waals surface area contributed by atoms with E-state index in [1.54, 1.807) is 0 Å². The summed E-state index contributed by atoms with van der Waals surface area (Å²) in [6.45, 7) is 1.54. The van der Waals surface area contributed by atoms with Crippen LogP contribution in [0.1, 0.15) is 19.8 Å². The Balaban J connectivity index is 4.16. The molecule has 0 aliphatic carbocycles. The van der Waals surface area contributed by atoms with Gasteiger partial charge in [-0.2, -0.15) is 26.3 Å². The van der Waals surface area contributed by atoms with E-state index in [1.165, 1.54) is 6.92 Å². The van der Waals surface area contributed by atoms with Gasteiger partial charge in [0.25, 0.3) is 0 Å². The summed E-state index contributed by atoms with van der Waals surface area (Å²) in [6.07, 6.45) is -12.1. The minimum atomic E-state index is -4.57. The Kier molecular flexibility index (Phi) is 4.70. The predicted octanol–water partition coefficient (Wildman–Crippen LogP) is 2.87. The van der Waals surface area contributed by atoms with E-state index in [1.807, 2.05) is 0 Å². The molecule has 0 aromatic carbocycles. The Labute approximate surface area is 77.5 Å². The predicted molar refractivity (Wildman–Crippen MR) is 38.8 cm³/mol. The number of hydrogen-bond donors (Lipinski definition) is 1. The third-order valence-electron chi connectivity index (χ3n) is 1.45. The molecule has 0 saturated heterocycles. The maximum absolute atomic E-state index is 11.8. The van der Waals surface area contributed by atoms with E-state index >= 15 is 0 Å². The van der Waals surface area contributed by atoms with Gasteiger partial charge in [0.1, 0.15) is 0 Å². The van der Waals surface area contributed by atoms with Gasteiger partial charge in [-0.05, 0) is 6.54 Å². The minimum Gasteiger partial charge on any atom is -0.314 e. The van der Waals surface area contributed by atoms with E-state index in [9.17, 15) is 26.3 Å². The number of rotatable bonds is 4. The summed E-state index contributed by atoms with van der Waals surface area (Å²) in [5.74, 6) is 0. The molecule has 14 heavy (non-hydrogen) atoms. The van der Waals surface area contributed by atoms with Crippen LogP contribution in [0.4, 0.5) is 26.3 Å². The van der Waals surface area contributed by atoms with Crippen LogP contribution in [0.2, 0.25) is 0 Å². The highest BCUT2D eigenvalue weighted by atomic mass is 19.4. The van der Waals surface area contributed by atoms with Crippen molar-refractivity contribution in [2.45, 2.75) is 38.2 Å². The standard InChI is InChI=1S/C7H11F6N/c1-2-14-5(3-6(8,9)10)4-7(11,12)13/h5,14H,2-4H2,1H3. The number of halogens is 6. The van der Waals surface area contributed by atoms with Crippen molar-refractivity contribution in [2.24, 2.45) is 0 Å². The zero-order chi connectivity index (χ0) is 11.4. The zero-order valence-corrected chi connectivity index (χ0v) is 7.47. The topological polar surface area (TPSA) is 12.0 Å². The molecule has 0 atom stereocenters. The molecule has 0 radical (unpaired) electrons. The van der Waals surface area contributed by atoms with Gasteiger partial charge in [0.05, 0.1) is 12.8 Å². The van der Waals surface area contributed by atoms with Gasteiger partial charge >= 0.3 is 12.4 Å². The van der Waals surface area contributed by atoms with E-state index in [4.69, 9.17) is 0 Å². The Morgan fingerprint density at radius 3 is 1.50 bits per heavy atom. The van der Waals surface area contributed by atoms with Crippen LogP contribution < -0.4 is 5.32 Å². The van der Waals surface area contributed by atoms with Crippen molar-refractivity contribution in [3.05, 3.63) is 0 Å². The van der Waals surface area contributed by atoms with Gasteiger partial charge in [-0.15, -0.1) is 0 Å².